The number of rotatable bonds is 14. The minimum Gasteiger partial charge on any atom is -0.481 e. The van der Waals surface area contributed by atoms with Crippen LogP contribution in [0, 0.1) is 5.92 Å². The van der Waals surface area contributed by atoms with Gasteiger partial charge in [0.2, 0.25) is 5.91 Å². The molecule has 1 saturated carbocycles. The second-order valence-corrected chi connectivity index (χ2v) is 14.1. The molecule has 2 aromatic heterocycles. The highest BCUT2D eigenvalue weighted by Gasteiger charge is 2.35. The summed E-state index contributed by atoms with van der Waals surface area (Å²) in [5, 5.41) is 14.6. The summed E-state index contributed by atoms with van der Waals surface area (Å²) in [6.45, 7) is -1.19. The smallest absolute Gasteiger partial charge is 0.348 e. The Balaban J connectivity index is 1.21. The van der Waals surface area contributed by atoms with Crippen LogP contribution in [0.15, 0.2) is 64.0 Å². The summed E-state index contributed by atoms with van der Waals surface area (Å²) >= 11 is 12.1. The number of carboxylic acid groups (broad SMARTS) is 1. The Morgan fingerprint density at radius 2 is 1.76 bits per heavy atom. The number of imidazole rings is 1. The van der Waals surface area contributed by atoms with E-state index >= 15 is 0 Å². The molecule has 0 radical (unpaired) electrons. The second kappa shape index (κ2) is 16.7. The molecule has 0 spiro atoms. The average molecular weight is 783 g/mol. The zero-order valence-corrected chi connectivity index (χ0v) is 30.4. The van der Waals surface area contributed by atoms with E-state index in [1.807, 2.05) is 0 Å². The van der Waals surface area contributed by atoms with Crippen molar-refractivity contribution < 1.29 is 33.8 Å². The lowest BCUT2D eigenvalue weighted by molar-refractivity contribution is -0.140. The molecule has 0 bridgehead atoms. The van der Waals surface area contributed by atoms with Crippen LogP contribution in [0.25, 0.3) is 11.0 Å². The Hall–Kier alpha value is -5.48. The van der Waals surface area contributed by atoms with Gasteiger partial charge < -0.3 is 25.5 Å². The molecule has 6 rings (SSSR count). The summed E-state index contributed by atoms with van der Waals surface area (Å²) in [4.78, 5) is 99.1. The minimum atomic E-state index is -1.67. The number of aliphatic carboxylic acids is 1. The number of carbonyl (C=O) groups excluding carboxylic acids is 4. The fourth-order valence-corrected chi connectivity index (χ4v) is 7.46. The number of Topliss-reactive ketones (excluding diaryl/α,β-unsaturated/α-hetero) is 1. The number of esters is 1. The number of amides is 2. The molecule has 1 aliphatic carbocycles. The highest BCUT2D eigenvalue weighted by atomic mass is 35.5. The molecular weight excluding hydrogens is 745 g/mol. The lowest BCUT2D eigenvalue weighted by Gasteiger charge is -2.28. The van der Waals surface area contributed by atoms with Gasteiger partial charge in [-0.3, -0.25) is 19.2 Å². The maximum absolute atomic E-state index is 14.0. The first-order valence-corrected chi connectivity index (χ1v) is 18.2. The molecular formula is C36H37Cl2N7O9. The van der Waals surface area contributed by atoms with Gasteiger partial charge in [-0.05, 0) is 54.3 Å². The van der Waals surface area contributed by atoms with Crippen LogP contribution in [0.1, 0.15) is 71.7 Å². The van der Waals surface area contributed by atoms with Crippen molar-refractivity contribution in [2.24, 2.45) is 5.92 Å². The van der Waals surface area contributed by atoms with E-state index in [1.165, 1.54) is 24.5 Å². The second-order valence-electron chi connectivity index (χ2n) is 13.3. The summed E-state index contributed by atoms with van der Waals surface area (Å²) in [5.41, 5.74) is 0.678. The molecule has 1 aliphatic heterocycles. The molecule has 16 nitrogen and oxygen atoms in total. The van der Waals surface area contributed by atoms with Crippen molar-refractivity contribution in [2.45, 2.75) is 70.1 Å². The van der Waals surface area contributed by atoms with Crippen molar-refractivity contribution in [2.75, 3.05) is 13.2 Å². The highest BCUT2D eigenvalue weighted by molar-refractivity contribution is 6.39. The van der Waals surface area contributed by atoms with Crippen LogP contribution >= 0.6 is 23.2 Å². The molecule has 4 N–H and O–H groups in total. The topological polar surface area (TPSA) is 216 Å². The maximum atomic E-state index is 14.0. The predicted octanol–water partition coefficient (Wildman–Crippen LogP) is 3.26. The van der Waals surface area contributed by atoms with Crippen LogP contribution in [0.3, 0.4) is 0 Å². The van der Waals surface area contributed by atoms with E-state index in [9.17, 15) is 38.7 Å². The third-order valence-electron chi connectivity index (χ3n) is 9.59. The first-order chi connectivity index (χ1) is 25.9. The highest BCUT2D eigenvalue weighted by Crippen LogP contribution is 2.31. The van der Waals surface area contributed by atoms with Gasteiger partial charge in [0.1, 0.15) is 6.04 Å². The number of nitrogens with one attached hydrogen (secondary N) is 3. The van der Waals surface area contributed by atoms with Gasteiger partial charge in [0.15, 0.2) is 18.4 Å². The molecule has 54 heavy (non-hydrogen) atoms. The zero-order chi connectivity index (χ0) is 38.5. The summed E-state index contributed by atoms with van der Waals surface area (Å²) in [5.74, 6) is -4.47. The standard InChI is InChI=1S/C36H37Cl2N7O9/c37-23-7-4-8-24(38)31(23)34(51)54-18-29(46)27(16-30(47)48)42-33(50)28-14-21(13-20-5-2-1-3-6-20)17-44-35(52)43(36(53)45(28)44)12-11-39-32(49)22-9-10-25-26(15-22)41-19-40-25/h4,7-10,14-15,19-20,27-28H,1-3,5-6,11-13,16-18H2,(H,39,49)(H,40,41)(H,42,50)(H,47,48)/t27-,28?/m0/s1. The van der Waals surface area contributed by atoms with E-state index < -0.39 is 66.0 Å². The number of ether oxygens (including phenoxy) is 1. The van der Waals surface area contributed by atoms with Gasteiger partial charge in [-0.1, -0.05) is 61.4 Å². The number of aromatic nitrogens is 5. The summed E-state index contributed by atoms with van der Waals surface area (Å²) in [6.07, 6.45) is 7.95. The summed E-state index contributed by atoms with van der Waals surface area (Å²) in [7, 11) is 0. The minimum absolute atomic E-state index is 0.0265. The van der Waals surface area contributed by atoms with Gasteiger partial charge >= 0.3 is 23.3 Å². The van der Waals surface area contributed by atoms with Gasteiger partial charge in [0.25, 0.3) is 5.91 Å². The molecule has 18 heteroatoms. The van der Waals surface area contributed by atoms with Gasteiger partial charge in [-0.25, -0.2) is 33.3 Å². The van der Waals surface area contributed by atoms with Crippen molar-refractivity contribution in [1.82, 2.24) is 34.5 Å². The van der Waals surface area contributed by atoms with E-state index in [0.29, 0.717) is 28.9 Å². The van der Waals surface area contributed by atoms with E-state index in [1.54, 1.807) is 24.3 Å². The number of benzene rings is 2. The Morgan fingerprint density at radius 3 is 2.48 bits per heavy atom. The van der Waals surface area contributed by atoms with Gasteiger partial charge in [-0.15, -0.1) is 0 Å². The summed E-state index contributed by atoms with van der Waals surface area (Å²) in [6, 6.07) is 6.10. The number of aromatic amines is 1. The predicted molar refractivity (Wildman–Crippen MR) is 196 cm³/mol. The molecule has 1 fully saturated rings. The first kappa shape index (κ1) is 38.3. The molecule has 2 aliphatic rings. The van der Waals surface area contributed by atoms with Crippen molar-refractivity contribution in [1.29, 1.82) is 0 Å². The number of H-pyrrole nitrogens is 1. The fourth-order valence-electron chi connectivity index (χ4n) is 6.90. The number of hydrogen-bond acceptors (Lipinski definition) is 9. The molecule has 4 aromatic rings. The third-order valence-corrected chi connectivity index (χ3v) is 10.2. The van der Waals surface area contributed by atoms with Gasteiger partial charge in [-0.2, -0.15) is 0 Å². The molecule has 0 saturated heterocycles. The largest absolute Gasteiger partial charge is 0.481 e. The van der Waals surface area contributed by atoms with E-state index in [0.717, 1.165) is 51.6 Å². The monoisotopic (exact) mass is 781 g/mol. The number of halogens is 2. The number of hydrogen-bond donors (Lipinski definition) is 4. The average Bonchev–Trinajstić information content (AvgIpc) is 3.71. The number of ketones is 1. The molecule has 3 heterocycles. The SMILES string of the molecule is O=C(O)C[C@H](NC(=O)C1C=C(CC2CCCCC2)Cn2c(=O)n(CCNC(=O)c3ccc4nc[nH]c4c3)c(=O)n21)C(=O)COC(=O)c1c(Cl)cccc1Cl. The van der Waals surface area contributed by atoms with Crippen molar-refractivity contribution in [3.63, 3.8) is 0 Å². The normalized spacial score (nSPS) is 16.3. The zero-order valence-electron chi connectivity index (χ0n) is 28.9. The van der Waals surface area contributed by atoms with Gasteiger partial charge in [0.05, 0.1) is 45.9 Å². The van der Waals surface area contributed by atoms with Crippen LogP contribution in [0.2, 0.25) is 10.0 Å². The maximum Gasteiger partial charge on any atom is 0.348 e. The Bertz CT molecular complexity index is 2240. The number of fused-ring (bicyclic) bond motifs is 2. The number of nitrogens with zero attached hydrogens (tertiary/aromatic N) is 4. The van der Waals surface area contributed by atoms with Crippen LogP contribution in [-0.4, -0.2) is 77.7 Å². The molecule has 2 atom stereocenters. The Morgan fingerprint density at radius 1 is 1.02 bits per heavy atom. The molecule has 1 unspecified atom stereocenters. The van der Waals surface area contributed by atoms with Crippen LogP contribution < -0.4 is 22.0 Å². The van der Waals surface area contributed by atoms with E-state index in [2.05, 4.69) is 20.6 Å². The van der Waals surface area contributed by atoms with Crippen molar-refractivity contribution >= 4 is 63.8 Å². The van der Waals surface area contributed by atoms with Crippen LogP contribution in [0.4, 0.5) is 0 Å². The van der Waals surface area contributed by atoms with Crippen LogP contribution in [0.5, 0.6) is 0 Å². The number of carboxylic acids is 1. The van der Waals surface area contributed by atoms with Crippen molar-refractivity contribution in [3.8, 4) is 0 Å². The number of carbonyl (C=O) groups is 5. The van der Waals surface area contributed by atoms with Crippen LogP contribution in [-0.2, 0) is 32.2 Å². The third kappa shape index (κ3) is 8.50. The summed E-state index contributed by atoms with van der Waals surface area (Å²) < 4.78 is 8.12. The van der Waals surface area contributed by atoms with Gasteiger partial charge in [0, 0.05) is 18.7 Å². The quantitative estimate of drug-likeness (QED) is 0.108. The first-order valence-electron chi connectivity index (χ1n) is 17.4. The van der Waals surface area contributed by atoms with E-state index in [-0.39, 0.29) is 35.2 Å². The molecule has 2 aromatic carbocycles. The van der Waals surface area contributed by atoms with Crippen molar-refractivity contribution in [3.05, 3.63) is 96.5 Å². The molecule has 284 valence electrons. The Labute approximate surface area is 317 Å². The number of allylic oxidation sites excluding steroid dienone is 1. The molecule has 2 amide bonds. The Kier molecular flexibility index (Phi) is 11.8. The lowest BCUT2D eigenvalue weighted by atomic mass is 9.84. The lowest BCUT2D eigenvalue weighted by Crippen LogP contribution is -2.49. The fraction of sp³-hybridized carbons (Fsp3) is 0.389. The van der Waals surface area contributed by atoms with E-state index in [4.69, 9.17) is 27.9 Å².